The summed E-state index contributed by atoms with van der Waals surface area (Å²) in [5, 5.41) is 7.24. The second-order valence-corrected chi connectivity index (χ2v) is 5.43. The first-order chi connectivity index (χ1) is 8.27. The Morgan fingerprint density at radius 3 is 2.88 bits per heavy atom. The maximum absolute atomic E-state index is 10.7. The Hall–Kier alpha value is -0.610. The van der Waals surface area contributed by atoms with E-state index in [-0.39, 0.29) is 5.91 Å². The minimum atomic E-state index is -0.188. The molecule has 3 atom stereocenters. The maximum Gasteiger partial charge on any atom is 0.217 e. The normalized spacial score (nSPS) is 33.1. The number of nitrogens with two attached hydrogens (primary N) is 1. The summed E-state index contributed by atoms with van der Waals surface area (Å²) in [5.41, 5.74) is 5.14. The maximum atomic E-state index is 10.7. The number of amides is 1. The van der Waals surface area contributed by atoms with Crippen LogP contribution in [0.2, 0.25) is 0 Å². The smallest absolute Gasteiger partial charge is 0.217 e. The van der Waals surface area contributed by atoms with E-state index >= 15 is 0 Å². The molecule has 1 aliphatic heterocycles. The van der Waals surface area contributed by atoms with Crippen molar-refractivity contribution in [3.8, 4) is 0 Å². The molecule has 4 N–H and O–H groups in total. The van der Waals surface area contributed by atoms with Gasteiger partial charge in [-0.15, -0.1) is 0 Å². The molecule has 1 aliphatic carbocycles. The fraction of sp³-hybridized carbons (Fsp3) is 0.923. The van der Waals surface area contributed by atoms with E-state index in [1.54, 1.807) is 0 Å². The molecule has 0 radical (unpaired) electrons. The number of hydrogen-bond donors (Lipinski definition) is 3. The molecule has 1 heterocycles. The van der Waals surface area contributed by atoms with Gasteiger partial charge in [0.1, 0.15) is 0 Å². The quantitative estimate of drug-likeness (QED) is 0.600. The molecular weight excluding hydrogens is 214 g/mol. The summed E-state index contributed by atoms with van der Waals surface area (Å²) in [7, 11) is 0. The summed E-state index contributed by atoms with van der Waals surface area (Å²) < 4.78 is 0. The van der Waals surface area contributed by atoms with Gasteiger partial charge < -0.3 is 16.4 Å². The average Bonchev–Trinajstić information content (AvgIpc) is 2.94. The van der Waals surface area contributed by atoms with E-state index in [4.69, 9.17) is 5.73 Å². The van der Waals surface area contributed by atoms with Gasteiger partial charge in [0.05, 0.1) is 0 Å². The second-order valence-electron chi connectivity index (χ2n) is 5.43. The minimum absolute atomic E-state index is 0.188. The van der Waals surface area contributed by atoms with Gasteiger partial charge in [-0.3, -0.25) is 4.79 Å². The van der Waals surface area contributed by atoms with Crippen LogP contribution in [-0.2, 0) is 4.79 Å². The zero-order valence-corrected chi connectivity index (χ0v) is 10.6. The van der Waals surface area contributed by atoms with Crippen LogP contribution in [-0.4, -0.2) is 31.1 Å². The molecule has 0 aromatic heterocycles. The highest BCUT2D eigenvalue weighted by Crippen LogP contribution is 2.31. The topological polar surface area (TPSA) is 67.2 Å². The van der Waals surface area contributed by atoms with E-state index in [2.05, 4.69) is 10.6 Å². The third-order valence-corrected chi connectivity index (χ3v) is 4.19. The van der Waals surface area contributed by atoms with E-state index in [1.807, 2.05) is 0 Å². The molecule has 2 rings (SSSR count). The van der Waals surface area contributed by atoms with Crippen LogP contribution in [0.15, 0.2) is 0 Å². The summed E-state index contributed by atoms with van der Waals surface area (Å²) in [5.74, 6) is 0.610. The second kappa shape index (κ2) is 6.36. The van der Waals surface area contributed by atoms with Crippen LogP contribution < -0.4 is 16.4 Å². The molecule has 1 saturated carbocycles. The number of rotatable bonds is 6. The lowest BCUT2D eigenvalue weighted by molar-refractivity contribution is -0.118. The van der Waals surface area contributed by atoms with Gasteiger partial charge in [-0.05, 0) is 51.1 Å². The fourth-order valence-corrected chi connectivity index (χ4v) is 3.35. The Balaban J connectivity index is 1.69. The molecule has 4 heteroatoms. The number of nitrogens with one attached hydrogen (secondary N) is 2. The van der Waals surface area contributed by atoms with Crippen LogP contribution in [0.4, 0.5) is 0 Å². The minimum Gasteiger partial charge on any atom is -0.370 e. The van der Waals surface area contributed by atoms with E-state index in [9.17, 15) is 4.79 Å². The average molecular weight is 239 g/mol. The Labute approximate surface area is 104 Å². The standard InChI is InChI=1S/C13H25N3O/c14-13(17)7-3-9-16-11-5-1-4-10(11)12-6-2-8-15-12/h10-12,15-16H,1-9H2,(H2,14,17). The monoisotopic (exact) mass is 239 g/mol. The summed E-state index contributed by atoms with van der Waals surface area (Å²) >= 11 is 0. The van der Waals surface area contributed by atoms with Gasteiger partial charge in [0.25, 0.3) is 0 Å². The molecule has 0 aromatic rings. The highest BCUT2D eigenvalue weighted by atomic mass is 16.1. The molecule has 2 aliphatic rings. The molecule has 1 amide bonds. The molecule has 3 unspecified atom stereocenters. The number of carbonyl (C=O) groups excluding carboxylic acids is 1. The molecule has 98 valence electrons. The van der Waals surface area contributed by atoms with Crippen molar-refractivity contribution in [2.45, 2.75) is 57.0 Å². The molecule has 0 aromatic carbocycles. The molecule has 17 heavy (non-hydrogen) atoms. The van der Waals surface area contributed by atoms with Gasteiger partial charge in [-0.1, -0.05) is 6.42 Å². The Morgan fingerprint density at radius 2 is 2.18 bits per heavy atom. The fourth-order valence-electron chi connectivity index (χ4n) is 3.35. The van der Waals surface area contributed by atoms with Crippen molar-refractivity contribution in [1.82, 2.24) is 10.6 Å². The molecule has 1 saturated heterocycles. The molecule has 4 nitrogen and oxygen atoms in total. The Bertz CT molecular complexity index is 251. The van der Waals surface area contributed by atoms with Crippen molar-refractivity contribution in [1.29, 1.82) is 0 Å². The largest absolute Gasteiger partial charge is 0.370 e. The van der Waals surface area contributed by atoms with Gasteiger partial charge in [-0.2, -0.15) is 0 Å². The predicted molar refractivity (Wildman–Crippen MR) is 68.6 cm³/mol. The zero-order valence-electron chi connectivity index (χ0n) is 10.6. The van der Waals surface area contributed by atoms with E-state index in [0.717, 1.165) is 24.9 Å². The van der Waals surface area contributed by atoms with Crippen molar-refractivity contribution in [3.63, 3.8) is 0 Å². The van der Waals surface area contributed by atoms with E-state index < -0.39 is 0 Å². The van der Waals surface area contributed by atoms with Crippen LogP contribution in [0.1, 0.15) is 44.9 Å². The first kappa shape index (κ1) is 12.8. The van der Waals surface area contributed by atoms with Gasteiger partial charge in [-0.25, -0.2) is 0 Å². The molecular formula is C13H25N3O. The third kappa shape index (κ3) is 3.68. The van der Waals surface area contributed by atoms with Crippen LogP contribution in [0.3, 0.4) is 0 Å². The van der Waals surface area contributed by atoms with E-state index in [1.165, 1.54) is 38.6 Å². The lowest BCUT2D eigenvalue weighted by Gasteiger charge is -2.26. The van der Waals surface area contributed by atoms with Gasteiger partial charge in [0.15, 0.2) is 0 Å². The highest BCUT2D eigenvalue weighted by molar-refractivity contribution is 5.73. The summed E-state index contributed by atoms with van der Waals surface area (Å²) in [6.07, 6.45) is 8.03. The SMILES string of the molecule is NC(=O)CCCNC1CCCC1C1CCCN1. The van der Waals surface area contributed by atoms with Gasteiger partial charge in [0.2, 0.25) is 5.91 Å². The Morgan fingerprint density at radius 1 is 1.29 bits per heavy atom. The first-order valence-electron chi connectivity index (χ1n) is 7.02. The van der Waals surface area contributed by atoms with Crippen LogP contribution in [0, 0.1) is 5.92 Å². The third-order valence-electron chi connectivity index (χ3n) is 4.19. The molecule has 0 spiro atoms. The number of carbonyl (C=O) groups is 1. The van der Waals surface area contributed by atoms with Crippen molar-refractivity contribution in [3.05, 3.63) is 0 Å². The van der Waals surface area contributed by atoms with Crippen molar-refractivity contribution in [2.24, 2.45) is 11.7 Å². The number of hydrogen-bond acceptors (Lipinski definition) is 3. The van der Waals surface area contributed by atoms with Crippen LogP contribution in [0.25, 0.3) is 0 Å². The summed E-state index contributed by atoms with van der Waals surface area (Å²) in [6.45, 7) is 2.12. The van der Waals surface area contributed by atoms with Gasteiger partial charge >= 0.3 is 0 Å². The van der Waals surface area contributed by atoms with Crippen LogP contribution in [0.5, 0.6) is 0 Å². The van der Waals surface area contributed by atoms with E-state index in [0.29, 0.717) is 12.5 Å². The lowest BCUT2D eigenvalue weighted by atomic mass is 9.93. The highest BCUT2D eigenvalue weighted by Gasteiger charge is 2.34. The lowest BCUT2D eigenvalue weighted by Crippen LogP contribution is -2.42. The van der Waals surface area contributed by atoms with Crippen molar-refractivity contribution in [2.75, 3.05) is 13.1 Å². The molecule has 2 fully saturated rings. The first-order valence-corrected chi connectivity index (χ1v) is 7.02. The van der Waals surface area contributed by atoms with Crippen LogP contribution >= 0.6 is 0 Å². The zero-order chi connectivity index (χ0) is 12.1. The molecule has 0 bridgehead atoms. The van der Waals surface area contributed by atoms with Gasteiger partial charge in [0, 0.05) is 18.5 Å². The predicted octanol–water partition coefficient (Wildman–Crippen LogP) is 0.762. The Kier molecular flexibility index (Phi) is 4.80. The number of primary amides is 1. The van der Waals surface area contributed by atoms with Crippen molar-refractivity contribution >= 4 is 5.91 Å². The van der Waals surface area contributed by atoms with Crippen molar-refractivity contribution < 1.29 is 4.79 Å². The summed E-state index contributed by atoms with van der Waals surface area (Å²) in [6, 6.07) is 1.38. The summed E-state index contributed by atoms with van der Waals surface area (Å²) in [4.78, 5) is 10.7.